The largest absolute Gasteiger partial charge is 0.493 e. The van der Waals surface area contributed by atoms with Crippen LogP contribution in [0, 0.1) is 13.8 Å². The first-order valence-corrected chi connectivity index (χ1v) is 10.7. The van der Waals surface area contributed by atoms with E-state index in [1.807, 2.05) is 19.9 Å². The predicted octanol–water partition coefficient (Wildman–Crippen LogP) is 3.95. The maximum absolute atomic E-state index is 12.3. The van der Waals surface area contributed by atoms with Crippen LogP contribution in [0.25, 0.3) is 10.6 Å². The molecule has 0 aliphatic carbocycles. The fraction of sp³-hybridized carbons (Fsp3) is 0.217. The normalized spacial score (nSPS) is 10.3. The Morgan fingerprint density at radius 3 is 2.52 bits per heavy atom. The van der Waals surface area contributed by atoms with E-state index in [9.17, 15) is 14.4 Å². The molecule has 0 saturated carbocycles. The standard InChI is InChI=1S/C23H23N3O6S/c1-13-6-5-7-16(14(13)2)25-23(29)26-20(27)11-32-22(28)17-12-33-21(24-17)15-8-9-18(30-3)19(10-15)31-4/h5-10,12H,11H2,1-4H3,(H2,25,26,27,29). The Hall–Kier alpha value is -3.92. The lowest BCUT2D eigenvalue weighted by atomic mass is 10.1. The summed E-state index contributed by atoms with van der Waals surface area (Å²) in [5.41, 5.74) is 3.27. The number of carbonyl (C=O) groups is 3. The third-order valence-electron chi connectivity index (χ3n) is 4.78. The molecule has 1 aromatic heterocycles. The van der Waals surface area contributed by atoms with Gasteiger partial charge in [0.1, 0.15) is 5.01 Å². The average molecular weight is 470 g/mol. The molecule has 0 fully saturated rings. The summed E-state index contributed by atoms with van der Waals surface area (Å²) in [5, 5.41) is 6.82. The van der Waals surface area contributed by atoms with E-state index in [1.165, 1.54) is 23.8 Å². The van der Waals surface area contributed by atoms with Gasteiger partial charge in [-0.25, -0.2) is 14.6 Å². The van der Waals surface area contributed by atoms with Crippen molar-refractivity contribution in [2.45, 2.75) is 13.8 Å². The van der Waals surface area contributed by atoms with Gasteiger partial charge in [0.05, 0.1) is 14.2 Å². The van der Waals surface area contributed by atoms with Crippen molar-refractivity contribution >= 4 is 34.9 Å². The molecule has 2 aromatic carbocycles. The molecule has 172 valence electrons. The molecule has 3 amide bonds. The van der Waals surface area contributed by atoms with E-state index in [4.69, 9.17) is 14.2 Å². The van der Waals surface area contributed by atoms with E-state index in [2.05, 4.69) is 15.6 Å². The van der Waals surface area contributed by atoms with Crippen LogP contribution >= 0.6 is 11.3 Å². The number of benzene rings is 2. The van der Waals surface area contributed by atoms with Gasteiger partial charge in [-0.05, 0) is 49.2 Å². The van der Waals surface area contributed by atoms with E-state index < -0.39 is 24.5 Å². The fourth-order valence-corrected chi connectivity index (χ4v) is 3.66. The fourth-order valence-electron chi connectivity index (χ4n) is 2.88. The maximum atomic E-state index is 12.3. The molecule has 0 spiro atoms. The zero-order valence-electron chi connectivity index (χ0n) is 18.6. The SMILES string of the molecule is COc1ccc(-c2nc(C(=O)OCC(=O)NC(=O)Nc3cccc(C)c3C)cs2)cc1OC. The predicted molar refractivity (Wildman–Crippen MR) is 124 cm³/mol. The van der Waals surface area contributed by atoms with Crippen molar-refractivity contribution in [2.24, 2.45) is 0 Å². The van der Waals surface area contributed by atoms with Crippen LogP contribution in [0.1, 0.15) is 21.6 Å². The van der Waals surface area contributed by atoms with Gasteiger partial charge in [-0.1, -0.05) is 12.1 Å². The van der Waals surface area contributed by atoms with Gasteiger partial charge in [0.15, 0.2) is 23.8 Å². The molecule has 0 atom stereocenters. The van der Waals surface area contributed by atoms with Crippen LogP contribution < -0.4 is 20.1 Å². The van der Waals surface area contributed by atoms with E-state index in [0.717, 1.165) is 16.7 Å². The first-order valence-electron chi connectivity index (χ1n) is 9.84. The second kappa shape index (κ2) is 10.6. The quantitative estimate of drug-likeness (QED) is 0.503. The summed E-state index contributed by atoms with van der Waals surface area (Å²) in [6.45, 7) is 3.15. The average Bonchev–Trinajstić information content (AvgIpc) is 3.30. The number of hydrogen-bond donors (Lipinski definition) is 2. The summed E-state index contributed by atoms with van der Waals surface area (Å²) >= 11 is 1.24. The highest BCUT2D eigenvalue weighted by molar-refractivity contribution is 7.13. The lowest BCUT2D eigenvalue weighted by Gasteiger charge is -2.10. The van der Waals surface area contributed by atoms with Gasteiger partial charge < -0.3 is 19.5 Å². The number of nitrogens with one attached hydrogen (secondary N) is 2. The maximum Gasteiger partial charge on any atom is 0.358 e. The minimum atomic E-state index is -0.775. The third-order valence-corrected chi connectivity index (χ3v) is 5.68. The molecule has 0 saturated heterocycles. The van der Waals surface area contributed by atoms with Crippen molar-refractivity contribution in [3.8, 4) is 22.1 Å². The number of esters is 1. The Morgan fingerprint density at radius 2 is 1.79 bits per heavy atom. The first-order chi connectivity index (χ1) is 15.8. The van der Waals surface area contributed by atoms with Gasteiger partial charge in [-0.2, -0.15) is 0 Å². The molecule has 33 heavy (non-hydrogen) atoms. The zero-order chi connectivity index (χ0) is 24.0. The van der Waals surface area contributed by atoms with E-state index in [1.54, 1.807) is 37.4 Å². The lowest BCUT2D eigenvalue weighted by molar-refractivity contribution is -0.123. The van der Waals surface area contributed by atoms with Crippen molar-refractivity contribution in [3.63, 3.8) is 0 Å². The number of aromatic nitrogens is 1. The first kappa shape index (κ1) is 23.7. The molecule has 9 nitrogen and oxygen atoms in total. The van der Waals surface area contributed by atoms with Crippen LogP contribution in [0.2, 0.25) is 0 Å². The number of thiazole rings is 1. The van der Waals surface area contributed by atoms with Gasteiger partial charge in [-0.15, -0.1) is 11.3 Å². The molecule has 0 radical (unpaired) electrons. The van der Waals surface area contributed by atoms with Gasteiger partial charge in [0, 0.05) is 16.6 Å². The van der Waals surface area contributed by atoms with E-state index >= 15 is 0 Å². The molecule has 0 bridgehead atoms. The Morgan fingerprint density at radius 1 is 1.03 bits per heavy atom. The Balaban J connectivity index is 1.55. The van der Waals surface area contributed by atoms with Crippen LogP contribution in [-0.2, 0) is 9.53 Å². The van der Waals surface area contributed by atoms with Gasteiger partial charge in [0.25, 0.3) is 5.91 Å². The second-order valence-electron chi connectivity index (χ2n) is 6.93. The number of methoxy groups -OCH3 is 2. The number of amides is 3. The van der Waals surface area contributed by atoms with Crippen LogP contribution in [0.4, 0.5) is 10.5 Å². The lowest BCUT2D eigenvalue weighted by Crippen LogP contribution is -2.37. The summed E-state index contributed by atoms with van der Waals surface area (Å²) in [6.07, 6.45) is 0. The van der Waals surface area contributed by atoms with Crippen molar-refractivity contribution in [3.05, 3.63) is 58.6 Å². The third kappa shape index (κ3) is 5.86. The number of rotatable bonds is 7. The molecule has 10 heteroatoms. The molecule has 3 rings (SSSR count). The molecule has 1 heterocycles. The van der Waals surface area contributed by atoms with E-state index in [-0.39, 0.29) is 5.69 Å². The van der Waals surface area contributed by atoms with Gasteiger partial charge in [0.2, 0.25) is 0 Å². The molecule has 0 unspecified atom stereocenters. The highest BCUT2D eigenvalue weighted by Crippen LogP contribution is 2.33. The van der Waals surface area contributed by atoms with Crippen molar-refractivity contribution in [2.75, 3.05) is 26.1 Å². The van der Waals surface area contributed by atoms with Gasteiger partial charge in [-0.3, -0.25) is 10.1 Å². The molecular weight excluding hydrogens is 446 g/mol. The van der Waals surface area contributed by atoms with E-state index in [0.29, 0.717) is 22.2 Å². The minimum Gasteiger partial charge on any atom is -0.493 e. The highest BCUT2D eigenvalue weighted by Gasteiger charge is 2.17. The summed E-state index contributed by atoms with van der Waals surface area (Å²) in [5.74, 6) is -0.431. The summed E-state index contributed by atoms with van der Waals surface area (Å²) in [7, 11) is 3.07. The number of nitrogens with zero attached hydrogens (tertiary/aromatic N) is 1. The van der Waals surface area contributed by atoms with Crippen molar-refractivity contribution < 1.29 is 28.6 Å². The number of aryl methyl sites for hydroxylation is 1. The topological polar surface area (TPSA) is 116 Å². The number of anilines is 1. The molecule has 2 N–H and O–H groups in total. The monoisotopic (exact) mass is 469 g/mol. The number of imide groups is 1. The van der Waals surface area contributed by atoms with Crippen LogP contribution in [-0.4, -0.2) is 43.7 Å². The van der Waals surface area contributed by atoms with Crippen molar-refractivity contribution in [1.29, 1.82) is 0 Å². The number of ether oxygens (including phenoxy) is 3. The Kier molecular flexibility index (Phi) is 7.62. The number of carbonyl (C=O) groups excluding carboxylic acids is 3. The number of urea groups is 1. The van der Waals surface area contributed by atoms with Gasteiger partial charge >= 0.3 is 12.0 Å². The highest BCUT2D eigenvalue weighted by atomic mass is 32.1. The zero-order valence-corrected chi connectivity index (χ0v) is 19.4. The van der Waals surface area contributed by atoms with Crippen LogP contribution in [0.5, 0.6) is 11.5 Å². The Bertz CT molecular complexity index is 1190. The molecule has 0 aliphatic rings. The van der Waals surface area contributed by atoms with Crippen molar-refractivity contribution in [1.82, 2.24) is 10.3 Å². The summed E-state index contributed by atoms with van der Waals surface area (Å²) < 4.78 is 15.5. The molecule has 0 aliphatic heterocycles. The molecular formula is C23H23N3O6S. The molecule has 3 aromatic rings. The minimum absolute atomic E-state index is 0.0532. The summed E-state index contributed by atoms with van der Waals surface area (Å²) in [4.78, 5) is 40.6. The van der Waals surface area contributed by atoms with Crippen LogP contribution in [0.15, 0.2) is 41.8 Å². The number of hydrogen-bond acceptors (Lipinski definition) is 8. The Labute approximate surface area is 194 Å². The van der Waals surface area contributed by atoms with Crippen LogP contribution in [0.3, 0.4) is 0 Å². The second-order valence-corrected chi connectivity index (χ2v) is 7.79. The smallest absolute Gasteiger partial charge is 0.358 e. The summed E-state index contributed by atoms with van der Waals surface area (Å²) in [6, 6.07) is 10.00.